The zero-order valence-electron chi connectivity index (χ0n) is 10.4. The van der Waals surface area contributed by atoms with Crippen LogP contribution in [0.25, 0.3) is 0 Å². The highest BCUT2D eigenvalue weighted by atomic mass is 32.2. The molecule has 1 aromatic rings. The topological polar surface area (TPSA) is 96.8 Å². The van der Waals surface area contributed by atoms with Crippen LogP contribution in [0.2, 0.25) is 0 Å². The number of nitrogens with zero attached hydrogens (tertiary/aromatic N) is 2. The number of carbonyl (C=O) groups is 1. The molecule has 106 valence electrons. The smallest absolute Gasteiger partial charge is 0.310 e. The third kappa shape index (κ3) is 2.64. The molecule has 2 atom stereocenters. The number of carboxylic acid groups (broad SMARTS) is 1. The van der Waals surface area contributed by atoms with Crippen molar-refractivity contribution in [3.8, 4) is 0 Å². The number of hydrogen-bond donors (Lipinski definition) is 1. The third-order valence-corrected chi connectivity index (χ3v) is 6.30. The number of rotatable bonds is 4. The molecule has 1 N–H and O–H groups in total. The van der Waals surface area contributed by atoms with Gasteiger partial charge in [-0.1, -0.05) is 0 Å². The van der Waals surface area contributed by atoms with E-state index >= 15 is 0 Å². The van der Waals surface area contributed by atoms with E-state index in [0.29, 0.717) is 5.01 Å². The summed E-state index contributed by atoms with van der Waals surface area (Å²) in [6.45, 7) is 1.83. The molecule has 0 aromatic carbocycles. The lowest BCUT2D eigenvalue weighted by Gasteiger charge is -2.24. The molecule has 1 aliphatic heterocycles. The number of aromatic nitrogens is 1. The number of aryl methyl sites for hydroxylation is 1. The molecule has 2 rings (SSSR count). The van der Waals surface area contributed by atoms with Gasteiger partial charge in [-0.15, -0.1) is 11.3 Å². The van der Waals surface area contributed by atoms with Crippen LogP contribution in [0.1, 0.15) is 5.01 Å². The van der Waals surface area contributed by atoms with E-state index in [1.807, 2.05) is 0 Å². The Kier molecular flexibility index (Phi) is 3.90. The summed E-state index contributed by atoms with van der Waals surface area (Å²) in [5.74, 6) is -1.89. The van der Waals surface area contributed by atoms with Crippen molar-refractivity contribution in [3.63, 3.8) is 0 Å². The summed E-state index contributed by atoms with van der Waals surface area (Å²) < 4.78 is 31.0. The van der Waals surface area contributed by atoms with Crippen LogP contribution in [0.4, 0.5) is 0 Å². The lowest BCUT2D eigenvalue weighted by Crippen LogP contribution is -2.43. The third-order valence-electron chi connectivity index (χ3n) is 3.07. The van der Waals surface area contributed by atoms with E-state index in [2.05, 4.69) is 4.98 Å². The molecule has 0 radical (unpaired) electrons. The van der Waals surface area contributed by atoms with Crippen molar-refractivity contribution in [3.05, 3.63) is 11.2 Å². The molecule has 0 aliphatic carbocycles. The van der Waals surface area contributed by atoms with Gasteiger partial charge in [-0.3, -0.25) is 4.79 Å². The van der Waals surface area contributed by atoms with Gasteiger partial charge in [0.1, 0.15) is 0 Å². The van der Waals surface area contributed by atoms with Crippen molar-refractivity contribution in [2.45, 2.75) is 17.2 Å². The van der Waals surface area contributed by atoms with Gasteiger partial charge in [0.05, 0.1) is 36.4 Å². The van der Waals surface area contributed by atoms with Crippen LogP contribution < -0.4 is 0 Å². The second-order valence-electron chi connectivity index (χ2n) is 4.27. The van der Waals surface area contributed by atoms with Gasteiger partial charge in [0.2, 0.25) is 0 Å². The first-order valence-electron chi connectivity index (χ1n) is 5.55. The summed E-state index contributed by atoms with van der Waals surface area (Å²) in [4.78, 5) is 15.0. The van der Waals surface area contributed by atoms with Crippen LogP contribution in [0.5, 0.6) is 0 Å². The monoisotopic (exact) mass is 306 g/mol. The normalized spacial score (nSPS) is 23.9. The largest absolute Gasteiger partial charge is 0.481 e. The molecule has 1 fully saturated rings. The number of sulfonamides is 1. The van der Waals surface area contributed by atoms with Crippen LogP contribution in [-0.4, -0.2) is 55.1 Å². The molecule has 2 unspecified atom stereocenters. The Balaban J connectivity index is 2.28. The Bertz CT molecular complexity index is 582. The minimum absolute atomic E-state index is 0.0293. The number of carboxylic acids is 1. The van der Waals surface area contributed by atoms with E-state index in [1.165, 1.54) is 13.2 Å². The van der Waals surface area contributed by atoms with E-state index in [1.54, 1.807) is 6.92 Å². The highest BCUT2D eigenvalue weighted by Gasteiger charge is 2.41. The van der Waals surface area contributed by atoms with Crippen molar-refractivity contribution >= 4 is 27.3 Å². The van der Waals surface area contributed by atoms with Crippen molar-refractivity contribution in [1.29, 1.82) is 0 Å². The van der Waals surface area contributed by atoms with Crippen LogP contribution >= 0.6 is 11.3 Å². The molecule has 9 heteroatoms. The molecule has 2 heterocycles. The molecule has 0 saturated carbocycles. The van der Waals surface area contributed by atoms with Crippen LogP contribution in [0.3, 0.4) is 0 Å². The molecular weight excluding hydrogens is 292 g/mol. The number of ether oxygens (including phenoxy) is 1. The second-order valence-corrected chi connectivity index (χ2v) is 7.73. The minimum Gasteiger partial charge on any atom is -0.481 e. The average Bonchev–Trinajstić information content (AvgIpc) is 2.95. The van der Waals surface area contributed by atoms with Crippen molar-refractivity contribution < 1.29 is 23.1 Å². The summed E-state index contributed by atoms with van der Waals surface area (Å²) in [5.41, 5.74) is 0. The Morgan fingerprint density at radius 1 is 1.58 bits per heavy atom. The van der Waals surface area contributed by atoms with Gasteiger partial charge in [-0.25, -0.2) is 13.4 Å². The van der Waals surface area contributed by atoms with Crippen molar-refractivity contribution in [1.82, 2.24) is 9.29 Å². The average molecular weight is 306 g/mol. The zero-order chi connectivity index (χ0) is 14.2. The maximum absolute atomic E-state index is 12.3. The molecule has 1 saturated heterocycles. The maximum atomic E-state index is 12.3. The zero-order valence-corrected chi connectivity index (χ0v) is 12.1. The van der Waals surface area contributed by atoms with Gasteiger partial charge in [-0.2, -0.15) is 4.31 Å². The first-order chi connectivity index (χ1) is 8.84. The van der Waals surface area contributed by atoms with E-state index in [-0.39, 0.29) is 17.4 Å². The standard InChI is InChI=1S/C10H14N2O5S2/c1-6-11-3-9(18-6)19(15,16)12(2)8-5-17-4-7(8)10(13)14/h3,7-8H,4-5H2,1-2H3,(H,13,14). The van der Waals surface area contributed by atoms with Gasteiger partial charge in [0.15, 0.2) is 4.21 Å². The quantitative estimate of drug-likeness (QED) is 0.852. The maximum Gasteiger partial charge on any atom is 0.310 e. The Labute approximate surface area is 114 Å². The summed E-state index contributed by atoms with van der Waals surface area (Å²) in [6, 6.07) is -0.690. The second kappa shape index (κ2) is 5.16. The molecule has 19 heavy (non-hydrogen) atoms. The predicted octanol–water partition coefficient (Wildman–Crippen LogP) is 0.172. The van der Waals surface area contributed by atoms with Crippen molar-refractivity contribution in [2.75, 3.05) is 20.3 Å². The Morgan fingerprint density at radius 2 is 2.26 bits per heavy atom. The lowest BCUT2D eigenvalue weighted by atomic mass is 10.1. The Hall–Kier alpha value is -1.03. The van der Waals surface area contributed by atoms with Crippen LogP contribution in [0.15, 0.2) is 10.4 Å². The fraction of sp³-hybridized carbons (Fsp3) is 0.600. The Morgan fingerprint density at radius 3 is 2.79 bits per heavy atom. The highest BCUT2D eigenvalue weighted by molar-refractivity contribution is 7.91. The first-order valence-corrected chi connectivity index (χ1v) is 7.80. The van der Waals surface area contributed by atoms with Crippen molar-refractivity contribution in [2.24, 2.45) is 5.92 Å². The summed E-state index contributed by atoms with van der Waals surface area (Å²) >= 11 is 1.06. The highest BCUT2D eigenvalue weighted by Crippen LogP contribution is 2.27. The van der Waals surface area contributed by atoms with Gasteiger partial charge < -0.3 is 9.84 Å². The number of aliphatic carboxylic acids is 1. The van der Waals surface area contributed by atoms with Gasteiger partial charge in [0, 0.05) is 7.05 Å². The fourth-order valence-corrected chi connectivity index (χ4v) is 4.59. The predicted molar refractivity (Wildman–Crippen MR) is 67.5 cm³/mol. The summed E-state index contributed by atoms with van der Waals surface area (Å²) in [6.07, 6.45) is 1.29. The fourth-order valence-electron chi connectivity index (χ4n) is 1.92. The van der Waals surface area contributed by atoms with E-state index < -0.39 is 28.0 Å². The molecule has 7 nitrogen and oxygen atoms in total. The summed E-state index contributed by atoms with van der Waals surface area (Å²) in [7, 11) is -2.35. The number of hydrogen-bond acceptors (Lipinski definition) is 6. The number of thiazole rings is 1. The van der Waals surface area contributed by atoms with E-state index in [9.17, 15) is 13.2 Å². The molecular formula is C10H14N2O5S2. The molecule has 0 bridgehead atoms. The van der Waals surface area contributed by atoms with E-state index in [0.717, 1.165) is 15.6 Å². The lowest BCUT2D eigenvalue weighted by molar-refractivity contribution is -0.142. The minimum atomic E-state index is -3.72. The summed E-state index contributed by atoms with van der Waals surface area (Å²) in [5, 5.41) is 9.70. The van der Waals surface area contributed by atoms with E-state index in [4.69, 9.17) is 9.84 Å². The molecule has 1 aliphatic rings. The number of likely N-dealkylation sites (N-methyl/N-ethyl adjacent to an activating group) is 1. The SMILES string of the molecule is Cc1ncc(S(=O)(=O)N(C)C2COCC2C(=O)O)s1. The van der Waals surface area contributed by atoms with Gasteiger partial charge in [0.25, 0.3) is 10.0 Å². The molecule has 1 aromatic heterocycles. The van der Waals surface area contributed by atoms with Crippen LogP contribution in [0, 0.1) is 12.8 Å². The van der Waals surface area contributed by atoms with Gasteiger partial charge in [-0.05, 0) is 6.92 Å². The molecule has 0 spiro atoms. The first kappa shape index (κ1) is 14.4. The van der Waals surface area contributed by atoms with Crippen LogP contribution in [-0.2, 0) is 19.6 Å². The van der Waals surface area contributed by atoms with Gasteiger partial charge >= 0.3 is 5.97 Å². The molecule has 0 amide bonds.